The van der Waals surface area contributed by atoms with Crippen molar-refractivity contribution >= 4 is 0 Å². The van der Waals surface area contributed by atoms with Gasteiger partial charge in [-0.2, -0.15) is 5.26 Å². The summed E-state index contributed by atoms with van der Waals surface area (Å²) in [4.78, 5) is 9.34. The van der Waals surface area contributed by atoms with Gasteiger partial charge in [-0.25, -0.2) is 4.98 Å². The minimum absolute atomic E-state index is 0.570. The van der Waals surface area contributed by atoms with Crippen LogP contribution in [0.2, 0.25) is 0 Å². The maximum Gasteiger partial charge on any atom is 0.212 e. The molecule has 1 aromatic carbocycles. The molecule has 0 unspecified atom stereocenters. The molecule has 0 saturated heterocycles. The molecule has 0 amide bonds. The van der Waals surface area contributed by atoms with Crippen LogP contribution in [0.25, 0.3) is 22.4 Å². The predicted octanol–water partition coefficient (Wildman–Crippen LogP) is 4.96. The van der Waals surface area contributed by atoms with E-state index >= 15 is 0 Å². The van der Waals surface area contributed by atoms with Crippen LogP contribution in [-0.4, -0.2) is 17.1 Å². The van der Waals surface area contributed by atoms with Crippen LogP contribution in [0.3, 0.4) is 0 Å². The summed E-state index contributed by atoms with van der Waals surface area (Å²) in [5, 5.41) is 10.1. The van der Waals surface area contributed by atoms with Crippen LogP contribution in [0.4, 0.5) is 0 Å². The Kier molecular flexibility index (Phi) is 4.84. The second kappa shape index (κ2) is 7.59. The molecule has 4 heteroatoms. The predicted molar refractivity (Wildman–Crippen MR) is 105 cm³/mol. The van der Waals surface area contributed by atoms with Crippen LogP contribution < -0.4 is 4.74 Å². The molecule has 4 nitrogen and oxygen atoms in total. The molecule has 0 aliphatic heterocycles. The fraction of sp³-hybridized carbons (Fsp3) is 0.261. The number of nitriles is 1. The molecule has 27 heavy (non-hydrogen) atoms. The van der Waals surface area contributed by atoms with Gasteiger partial charge in [0, 0.05) is 34.6 Å². The maximum atomic E-state index is 10.1. The van der Waals surface area contributed by atoms with E-state index < -0.39 is 0 Å². The lowest BCUT2D eigenvalue weighted by atomic mass is 9.90. The molecule has 0 fully saturated rings. The van der Waals surface area contributed by atoms with Gasteiger partial charge in [0.25, 0.3) is 0 Å². The normalized spacial score (nSPS) is 13.3. The lowest BCUT2D eigenvalue weighted by Gasteiger charge is -2.17. The number of benzene rings is 1. The Balaban J connectivity index is 2.00. The zero-order chi connectivity index (χ0) is 18.6. The van der Waals surface area contributed by atoms with Crippen molar-refractivity contribution in [1.29, 1.82) is 5.26 Å². The minimum Gasteiger partial charge on any atom is -0.481 e. The standard InChI is InChI=1S/C23H21N3O/c1-27-21-13-12-17(15-25-21)22-18-10-6-3-7-11-20(18)26-23(19(22)14-24)16-8-4-2-5-9-16/h2,4-5,8-9,12-13,15H,3,6-7,10-11H2,1H3. The van der Waals surface area contributed by atoms with Gasteiger partial charge in [-0.1, -0.05) is 36.8 Å². The Morgan fingerprint density at radius 3 is 2.48 bits per heavy atom. The van der Waals surface area contributed by atoms with Crippen molar-refractivity contribution in [2.24, 2.45) is 0 Å². The average Bonchev–Trinajstić information content (AvgIpc) is 2.98. The summed E-state index contributed by atoms with van der Waals surface area (Å²) in [6.07, 6.45) is 7.17. The molecule has 0 spiro atoms. The van der Waals surface area contributed by atoms with Crippen molar-refractivity contribution < 1.29 is 4.74 Å². The van der Waals surface area contributed by atoms with Gasteiger partial charge in [-0.05, 0) is 37.3 Å². The molecule has 2 heterocycles. The van der Waals surface area contributed by atoms with Gasteiger partial charge in [0.2, 0.25) is 5.88 Å². The zero-order valence-corrected chi connectivity index (χ0v) is 15.4. The Labute approximate surface area is 159 Å². The lowest BCUT2D eigenvalue weighted by molar-refractivity contribution is 0.398. The molecule has 0 saturated carbocycles. The van der Waals surface area contributed by atoms with Gasteiger partial charge < -0.3 is 4.74 Å². The third kappa shape index (κ3) is 3.29. The first-order valence-electron chi connectivity index (χ1n) is 9.33. The number of aryl methyl sites for hydroxylation is 1. The Hall–Kier alpha value is -3.19. The summed E-state index contributed by atoms with van der Waals surface area (Å²) in [6.45, 7) is 0. The van der Waals surface area contributed by atoms with Crippen LogP contribution in [0.1, 0.15) is 36.1 Å². The van der Waals surface area contributed by atoms with E-state index in [1.165, 1.54) is 12.0 Å². The van der Waals surface area contributed by atoms with Crippen LogP contribution >= 0.6 is 0 Å². The third-order valence-corrected chi connectivity index (χ3v) is 5.12. The van der Waals surface area contributed by atoms with Gasteiger partial charge in [0.15, 0.2) is 0 Å². The molecular weight excluding hydrogens is 334 g/mol. The molecule has 0 N–H and O–H groups in total. The van der Waals surface area contributed by atoms with Crippen LogP contribution in [-0.2, 0) is 12.8 Å². The number of fused-ring (bicyclic) bond motifs is 1. The highest BCUT2D eigenvalue weighted by atomic mass is 16.5. The van der Waals surface area contributed by atoms with Crippen LogP contribution in [0, 0.1) is 11.3 Å². The van der Waals surface area contributed by atoms with E-state index in [-0.39, 0.29) is 0 Å². The molecule has 3 aromatic rings. The summed E-state index contributed by atoms with van der Waals surface area (Å²) >= 11 is 0. The second-order valence-electron chi connectivity index (χ2n) is 6.76. The molecule has 0 atom stereocenters. The first-order chi connectivity index (χ1) is 13.3. The highest BCUT2D eigenvalue weighted by Crippen LogP contribution is 2.37. The number of pyridine rings is 2. The number of hydrogen-bond donors (Lipinski definition) is 0. The first-order valence-corrected chi connectivity index (χ1v) is 9.33. The third-order valence-electron chi connectivity index (χ3n) is 5.12. The first kappa shape index (κ1) is 17.2. The van der Waals surface area contributed by atoms with Crippen molar-refractivity contribution in [3.05, 3.63) is 65.5 Å². The monoisotopic (exact) mass is 355 g/mol. The van der Waals surface area contributed by atoms with Crippen molar-refractivity contribution in [3.63, 3.8) is 0 Å². The van der Waals surface area contributed by atoms with E-state index in [0.717, 1.165) is 53.8 Å². The molecule has 0 radical (unpaired) electrons. The van der Waals surface area contributed by atoms with Gasteiger partial charge in [0.05, 0.1) is 18.4 Å². The van der Waals surface area contributed by atoms with E-state index in [9.17, 15) is 5.26 Å². The largest absolute Gasteiger partial charge is 0.481 e. The highest BCUT2D eigenvalue weighted by Gasteiger charge is 2.23. The molecule has 134 valence electrons. The number of ether oxygens (including phenoxy) is 1. The topological polar surface area (TPSA) is 58.8 Å². The van der Waals surface area contributed by atoms with Crippen molar-refractivity contribution in [2.45, 2.75) is 32.1 Å². The smallest absolute Gasteiger partial charge is 0.212 e. The van der Waals surface area contributed by atoms with Gasteiger partial charge >= 0.3 is 0 Å². The van der Waals surface area contributed by atoms with Crippen LogP contribution in [0.5, 0.6) is 5.88 Å². The van der Waals surface area contributed by atoms with E-state index in [0.29, 0.717) is 11.4 Å². The number of rotatable bonds is 3. The number of nitrogens with zero attached hydrogens (tertiary/aromatic N) is 3. The molecule has 1 aliphatic rings. The van der Waals surface area contributed by atoms with Gasteiger partial charge in [-0.15, -0.1) is 0 Å². The number of hydrogen-bond acceptors (Lipinski definition) is 4. The summed E-state index contributed by atoms with van der Waals surface area (Å²) in [5.74, 6) is 0.570. The minimum atomic E-state index is 0.570. The molecule has 0 bridgehead atoms. The molecule has 2 aromatic heterocycles. The van der Waals surface area contributed by atoms with Gasteiger partial charge in [0.1, 0.15) is 6.07 Å². The van der Waals surface area contributed by atoms with E-state index in [1.807, 2.05) is 42.5 Å². The SMILES string of the molecule is COc1ccc(-c2c(C#N)c(-c3ccccc3)nc3c2CCCCC3)cn1. The molecular formula is C23H21N3O. The summed E-state index contributed by atoms with van der Waals surface area (Å²) in [6, 6.07) is 16.3. The number of methoxy groups -OCH3 is 1. The lowest BCUT2D eigenvalue weighted by Crippen LogP contribution is -2.05. The quantitative estimate of drug-likeness (QED) is 0.623. The van der Waals surface area contributed by atoms with E-state index in [2.05, 4.69) is 11.1 Å². The molecule has 1 aliphatic carbocycles. The van der Waals surface area contributed by atoms with Gasteiger partial charge in [-0.3, -0.25) is 4.98 Å². The maximum absolute atomic E-state index is 10.1. The zero-order valence-electron chi connectivity index (χ0n) is 15.4. The number of aromatic nitrogens is 2. The summed E-state index contributed by atoms with van der Waals surface area (Å²) in [7, 11) is 1.61. The summed E-state index contributed by atoms with van der Waals surface area (Å²) in [5.41, 5.74) is 6.64. The Morgan fingerprint density at radius 1 is 0.963 bits per heavy atom. The fourth-order valence-corrected chi connectivity index (χ4v) is 3.80. The average molecular weight is 355 g/mol. The van der Waals surface area contributed by atoms with E-state index in [1.54, 1.807) is 13.3 Å². The van der Waals surface area contributed by atoms with Crippen molar-refractivity contribution in [2.75, 3.05) is 7.11 Å². The van der Waals surface area contributed by atoms with Crippen molar-refractivity contribution in [1.82, 2.24) is 9.97 Å². The highest BCUT2D eigenvalue weighted by molar-refractivity contribution is 5.82. The van der Waals surface area contributed by atoms with Crippen molar-refractivity contribution in [3.8, 4) is 34.3 Å². The second-order valence-corrected chi connectivity index (χ2v) is 6.76. The summed E-state index contributed by atoms with van der Waals surface area (Å²) < 4.78 is 5.20. The fourth-order valence-electron chi connectivity index (χ4n) is 3.80. The van der Waals surface area contributed by atoms with Crippen LogP contribution in [0.15, 0.2) is 48.7 Å². The Bertz CT molecular complexity index is 989. The molecule has 4 rings (SSSR count). The van der Waals surface area contributed by atoms with E-state index in [4.69, 9.17) is 9.72 Å². The Morgan fingerprint density at radius 2 is 1.78 bits per heavy atom.